The van der Waals surface area contributed by atoms with E-state index in [0.717, 1.165) is 11.0 Å². The highest BCUT2D eigenvalue weighted by Gasteiger charge is 2.11. The van der Waals surface area contributed by atoms with Gasteiger partial charge >= 0.3 is 11.9 Å². The van der Waals surface area contributed by atoms with Crippen molar-refractivity contribution in [1.82, 2.24) is 9.97 Å². The molecule has 0 spiro atoms. The van der Waals surface area contributed by atoms with E-state index >= 15 is 0 Å². The summed E-state index contributed by atoms with van der Waals surface area (Å²) in [5, 5.41) is 19.8. The number of rotatable bonds is 0. The van der Waals surface area contributed by atoms with Gasteiger partial charge < -0.3 is 15.2 Å². The van der Waals surface area contributed by atoms with Gasteiger partial charge in [-0.3, -0.25) is 0 Å². The predicted octanol–water partition coefficient (Wildman–Crippen LogP) is 3.64. The first kappa shape index (κ1) is 16.4. The first-order chi connectivity index (χ1) is 11.9. The van der Waals surface area contributed by atoms with Crippen LogP contribution in [-0.4, -0.2) is 32.1 Å². The summed E-state index contributed by atoms with van der Waals surface area (Å²) in [4.78, 5) is 26.3. The molecule has 0 aliphatic heterocycles. The Balaban J connectivity index is 0.000000265. The van der Waals surface area contributed by atoms with Crippen molar-refractivity contribution in [2.75, 3.05) is 0 Å². The van der Waals surface area contributed by atoms with Crippen molar-refractivity contribution in [2.24, 2.45) is 0 Å². The van der Waals surface area contributed by atoms with Gasteiger partial charge in [0.2, 0.25) is 0 Å². The average Bonchev–Trinajstić information content (AvgIpc) is 2.96. The number of para-hydroxylation sites is 1. The van der Waals surface area contributed by atoms with Crippen molar-refractivity contribution in [3.05, 3.63) is 53.9 Å². The van der Waals surface area contributed by atoms with E-state index < -0.39 is 11.9 Å². The molecule has 6 nitrogen and oxygen atoms in total. The number of fused-ring (bicyclic) bond motifs is 4. The highest BCUT2D eigenvalue weighted by atomic mass is 16.4. The third kappa shape index (κ3) is 2.89. The van der Waals surface area contributed by atoms with Gasteiger partial charge in [-0.1, -0.05) is 18.2 Å². The molecule has 0 unspecified atom stereocenters. The van der Waals surface area contributed by atoms with Gasteiger partial charge in [-0.15, -0.1) is 0 Å². The zero-order valence-electron chi connectivity index (χ0n) is 13.7. The number of aromatic amines is 1. The van der Waals surface area contributed by atoms with Gasteiger partial charge in [-0.25, -0.2) is 14.6 Å². The van der Waals surface area contributed by atoms with Crippen LogP contribution >= 0.6 is 0 Å². The van der Waals surface area contributed by atoms with Crippen molar-refractivity contribution in [3.63, 3.8) is 0 Å². The lowest BCUT2D eigenvalue weighted by Gasteiger charge is -2.06. The first-order valence-electron chi connectivity index (χ1n) is 7.62. The molecule has 0 fully saturated rings. The van der Waals surface area contributed by atoms with E-state index in [0.29, 0.717) is 0 Å². The van der Waals surface area contributed by atoms with E-state index in [1.165, 1.54) is 32.8 Å². The fraction of sp³-hybridized carbons (Fsp3) is 0.105. The number of carboxylic acid groups (broad SMARTS) is 2. The maximum atomic E-state index is 9.10. The Hall–Kier alpha value is -3.41. The second kappa shape index (κ2) is 6.24. The lowest BCUT2D eigenvalue weighted by atomic mass is 10.0. The molecule has 0 saturated heterocycles. The van der Waals surface area contributed by atoms with Gasteiger partial charge in [0.05, 0.1) is 11.0 Å². The number of pyridine rings is 1. The molecule has 25 heavy (non-hydrogen) atoms. The summed E-state index contributed by atoms with van der Waals surface area (Å²) in [6, 6.07) is 12.8. The number of benzene rings is 2. The molecular weight excluding hydrogens is 320 g/mol. The highest BCUT2D eigenvalue weighted by Crippen LogP contribution is 2.33. The number of aromatic nitrogens is 2. The van der Waals surface area contributed by atoms with Crippen molar-refractivity contribution in [2.45, 2.75) is 13.8 Å². The largest absolute Gasteiger partial charge is 0.473 e. The molecule has 6 heteroatoms. The van der Waals surface area contributed by atoms with E-state index in [-0.39, 0.29) is 0 Å². The zero-order chi connectivity index (χ0) is 18.1. The van der Waals surface area contributed by atoms with Crippen LogP contribution in [0.1, 0.15) is 11.3 Å². The Labute approximate surface area is 142 Å². The van der Waals surface area contributed by atoms with Crippen molar-refractivity contribution < 1.29 is 19.8 Å². The molecule has 0 saturated carbocycles. The average molecular weight is 336 g/mol. The molecule has 0 radical (unpaired) electrons. The number of aliphatic carboxylic acids is 2. The van der Waals surface area contributed by atoms with Crippen LogP contribution in [-0.2, 0) is 9.59 Å². The van der Waals surface area contributed by atoms with E-state index in [1.54, 1.807) is 0 Å². The van der Waals surface area contributed by atoms with E-state index in [4.69, 9.17) is 24.8 Å². The lowest BCUT2D eigenvalue weighted by molar-refractivity contribution is -0.159. The summed E-state index contributed by atoms with van der Waals surface area (Å²) < 4.78 is 0. The monoisotopic (exact) mass is 336 g/mol. The number of hydrogen-bond donors (Lipinski definition) is 3. The number of aryl methyl sites for hydroxylation is 2. The molecule has 0 aliphatic rings. The van der Waals surface area contributed by atoms with Crippen LogP contribution in [0.3, 0.4) is 0 Å². The minimum atomic E-state index is -1.82. The van der Waals surface area contributed by atoms with Crippen molar-refractivity contribution >= 4 is 44.5 Å². The topological polar surface area (TPSA) is 103 Å². The van der Waals surface area contributed by atoms with Gasteiger partial charge in [0.25, 0.3) is 0 Å². The Kier molecular flexibility index (Phi) is 4.10. The number of nitrogens with one attached hydrogen (secondary N) is 1. The Morgan fingerprint density at radius 1 is 0.920 bits per heavy atom. The summed E-state index contributed by atoms with van der Waals surface area (Å²) >= 11 is 0. The van der Waals surface area contributed by atoms with Crippen LogP contribution in [0.25, 0.3) is 32.6 Å². The summed E-state index contributed by atoms with van der Waals surface area (Å²) in [6.07, 6.45) is 2.00. The van der Waals surface area contributed by atoms with Crippen molar-refractivity contribution in [1.29, 1.82) is 0 Å². The molecule has 0 atom stereocenters. The maximum absolute atomic E-state index is 9.10. The van der Waals surface area contributed by atoms with Gasteiger partial charge in [-0.05, 0) is 43.0 Å². The molecule has 0 aliphatic carbocycles. The fourth-order valence-electron chi connectivity index (χ4n) is 2.94. The van der Waals surface area contributed by atoms with Crippen molar-refractivity contribution in [3.8, 4) is 0 Å². The second-order valence-electron chi connectivity index (χ2n) is 5.70. The molecule has 4 aromatic rings. The minimum Gasteiger partial charge on any atom is -0.473 e. The number of carboxylic acids is 2. The van der Waals surface area contributed by atoms with Gasteiger partial charge in [0.1, 0.15) is 0 Å². The van der Waals surface area contributed by atoms with Gasteiger partial charge in [0, 0.05) is 28.0 Å². The normalized spacial score (nSPS) is 10.6. The Bertz CT molecular complexity index is 1120. The third-order valence-corrected chi connectivity index (χ3v) is 4.16. The van der Waals surface area contributed by atoms with Gasteiger partial charge in [-0.2, -0.15) is 0 Å². The number of nitrogens with zero attached hydrogens (tertiary/aromatic N) is 1. The number of H-pyrrole nitrogens is 1. The molecule has 2 aromatic carbocycles. The molecule has 126 valence electrons. The number of carbonyl (C=O) groups is 2. The molecule has 2 aromatic heterocycles. The van der Waals surface area contributed by atoms with Gasteiger partial charge in [0.15, 0.2) is 0 Å². The van der Waals surface area contributed by atoms with E-state index in [2.05, 4.69) is 49.2 Å². The number of hydrogen-bond acceptors (Lipinski definition) is 3. The molecular formula is C19H16N2O4. The maximum Gasteiger partial charge on any atom is 0.414 e. The molecule has 3 N–H and O–H groups in total. The summed E-state index contributed by atoms with van der Waals surface area (Å²) in [5.74, 6) is -3.65. The lowest BCUT2D eigenvalue weighted by Crippen LogP contribution is -2.09. The Morgan fingerprint density at radius 2 is 1.60 bits per heavy atom. The standard InChI is InChI=1S/C17H14N2.C2H2O4/c1-10-12-7-8-18-11(2)14(12)9-15-13-5-3-4-6-16(13)19-17(10)15;3-1(4)2(5)6/h3-9,18H,1-2H3;(H,3,4)(H,5,6). The van der Waals surface area contributed by atoms with Crippen LogP contribution in [0.5, 0.6) is 0 Å². The minimum absolute atomic E-state index is 1.08. The summed E-state index contributed by atoms with van der Waals surface area (Å²) in [6.45, 7) is 4.28. The molecule has 2 heterocycles. The van der Waals surface area contributed by atoms with Crippen LogP contribution < -0.4 is 0 Å². The van der Waals surface area contributed by atoms with Crippen LogP contribution in [0, 0.1) is 13.8 Å². The highest BCUT2D eigenvalue weighted by molar-refractivity contribution is 6.27. The second-order valence-corrected chi connectivity index (χ2v) is 5.70. The van der Waals surface area contributed by atoms with Crippen LogP contribution in [0.4, 0.5) is 0 Å². The quantitative estimate of drug-likeness (QED) is 0.425. The molecule has 0 amide bonds. The van der Waals surface area contributed by atoms with Crippen LogP contribution in [0.15, 0.2) is 42.6 Å². The fourth-order valence-corrected chi connectivity index (χ4v) is 2.94. The van der Waals surface area contributed by atoms with E-state index in [9.17, 15) is 0 Å². The molecule has 4 rings (SSSR count). The predicted molar refractivity (Wildman–Crippen MR) is 95.9 cm³/mol. The Morgan fingerprint density at radius 3 is 2.28 bits per heavy atom. The molecule has 0 bridgehead atoms. The smallest absolute Gasteiger partial charge is 0.414 e. The van der Waals surface area contributed by atoms with Crippen LogP contribution in [0.2, 0.25) is 0 Å². The van der Waals surface area contributed by atoms with E-state index in [1.807, 2.05) is 12.3 Å². The summed E-state index contributed by atoms with van der Waals surface area (Å²) in [5.41, 5.74) is 4.67. The SMILES string of the molecule is Cc1[nH]ccc2c(C)c3nc4ccccc4c3cc12.O=C(O)C(=O)O. The zero-order valence-corrected chi connectivity index (χ0v) is 13.7. The first-order valence-corrected chi connectivity index (χ1v) is 7.62. The summed E-state index contributed by atoms with van der Waals surface area (Å²) in [7, 11) is 0. The third-order valence-electron chi connectivity index (χ3n) is 4.16.